The van der Waals surface area contributed by atoms with Crippen molar-refractivity contribution in [3.8, 4) is 0 Å². The van der Waals surface area contributed by atoms with E-state index >= 15 is 0 Å². The highest BCUT2D eigenvalue weighted by Crippen LogP contribution is 2.37. The molecular formula is C30H30N2O2S. The largest absolute Gasteiger partial charge is 0.330 e. The number of carbonyl (C=O) groups excluding carboxylic acids is 2. The van der Waals surface area contributed by atoms with Gasteiger partial charge in [-0.2, -0.15) is 0 Å². The lowest BCUT2D eigenvalue weighted by Crippen LogP contribution is -2.47. The molecule has 178 valence electrons. The van der Waals surface area contributed by atoms with Crippen LogP contribution in [0.2, 0.25) is 0 Å². The van der Waals surface area contributed by atoms with Gasteiger partial charge in [-0.25, -0.2) is 0 Å². The van der Waals surface area contributed by atoms with E-state index in [0.717, 1.165) is 35.6 Å². The SMILES string of the molecule is CCCCN(CC(=O)N1CCc2sccc2C1c1ccccc1)C(=O)c1cccc2ccccc12. The average Bonchev–Trinajstić information content (AvgIpc) is 3.39. The van der Waals surface area contributed by atoms with Crippen LogP contribution in [0, 0.1) is 0 Å². The Morgan fingerprint density at radius 2 is 1.74 bits per heavy atom. The van der Waals surface area contributed by atoms with Crippen LogP contribution in [-0.4, -0.2) is 41.2 Å². The third-order valence-electron chi connectivity index (χ3n) is 6.82. The van der Waals surface area contributed by atoms with Crippen molar-refractivity contribution in [2.45, 2.75) is 32.2 Å². The number of hydrogen-bond acceptors (Lipinski definition) is 3. The second-order valence-corrected chi connectivity index (χ2v) is 10.1. The number of benzene rings is 3. The topological polar surface area (TPSA) is 40.6 Å². The minimum Gasteiger partial charge on any atom is -0.330 e. The first-order chi connectivity index (χ1) is 17.2. The zero-order chi connectivity index (χ0) is 24.2. The van der Waals surface area contributed by atoms with Gasteiger partial charge in [0.15, 0.2) is 0 Å². The van der Waals surface area contributed by atoms with Gasteiger partial charge in [0, 0.05) is 23.5 Å². The monoisotopic (exact) mass is 482 g/mol. The van der Waals surface area contributed by atoms with Crippen LogP contribution in [0.5, 0.6) is 0 Å². The summed E-state index contributed by atoms with van der Waals surface area (Å²) in [6.07, 6.45) is 2.68. The van der Waals surface area contributed by atoms with Crippen molar-refractivity contribution in [1.82, 2.24) is 9.80 Å². The molecular weight excluding hydrogens is 452 g/mol. The van der Waals surface area contributed by atoms with Crippen LogP contribution in [0.1, 0.15) is 52.2 Å². The minimum atomic E-state index is -0.112. The van der Waals surface area contributed by atoms with Crippen LogP contribution in [0.15, 0.2) is 84.2 Å². The Bertz CT molecular complexity index is 1330. The lowest BCUT2D eigenvalue weighted by molar-refractivity contribution is -0.134. The lowest BCUT2D eigenvalue weighted by Gasteiger charge is -2.37. The lowest BCUT2D eigenvalue weighted by atomic mass is 9.93. The van der Waals surface area contributed by atoms with Crippen LogP contribution in [-0.2, 0) is 11.2 Å². The van der Waals surface area contributed by atoms with Crippen molar-refractivity contribution < 1.29 is 9.59 Å². The molecule has 4 nitrogen and oxygen atoms in total. The molecule has 2 amide bonds. The number of amides is 2. The molecule has 0 radical (unpaired) electrons. The summed E-state index contributed by atoms with van der Waals surface area (Å²) in [4.78, 5) is 32.6. The highest BCUT2D eigenvalue weighted by molar-refractivity contribution is 7.10. The number of unbranched alkanes of at least 4 members (excludes halogenated alkanes) is 1. The molecule has 0 fully saturated rings. The van der Waals surface area contributed by atoms with E-state index in [1.807, 2.05) is 65.6 Å². The third kappa shape index (κ3) is 4.73. The van der Waals surface area contributed by atoms with Crippen LogP contribution >= 0.6 is 11.3 Å². The molecule has 1 unspecified atom stereocenters. The molecule has 1 aliphatic heterocycles. The van der Waals surface area contributed by atoms with E-state index in [1.165, 1.54) is 10.4 Å². The third-order valence-corrected chi connectivity index (χ3v) is 7.81. The molecule has 5 heteroatoms. The Morgan fingerprint density at radius 1 is 0.971 bits per heavy atom. The van der Waals surface area contributed by atoms with Gasteiger partial charge in [-0.1, -0.05) is 80.1 Å². The standard InChI is InChI=1S/C30H30N2O2S/c1-2-3-18-31(30(34)25-15-9-13-22-10-7-8-14-24(22)25)21-28(33)32-19-16-27-26(17-20-35-27)29(32)23-11-5-4-6-12-23/h4-15,17,20,29H,2-3,16,18-19,21H2,1H3. The average molecular weight is 483 g/mol. The maximum atomic E-state index is 13.8. The molecule has 1 aromatic heterocycles. The van der Waals surface area contributed by atoms with Crippen molar-refractivity contribution in [3.63, 3.8) is 0 Å². The Labute approximate surface area is 210 Å². The van der Waals surface area contributed by atoms with Gasteiger partial charge in [0.05, 0.1) is 6.04 Å². The molecule has 1 aliphatic rings. The molecule has 0 bridgehead atoms. The molecule has 3 aromatic carbocycles. The normalized spacial score (nSPS) is 15.1. The Kier molecular flexibility index (Phi) is 6.96. The summed E-state index contributed by atoms with van der Waals surface area (Å²) in [7, 11) is 0. The van der Waals surface area contributed by atoms with Crippen LogP contribution in [0.25, 0.3) is 10.8 Å². The first kappa shape index (κ1) is 23.3. The van der Waals surface area contributed by atoms with E-state index in [2.05, 4.69) is 30.5 Å². The predicted octanol–water partition coefficient (Wildman–Crippen LogP) is 6.32. The van der Waals surface area contributed by atoms with Crippen LogP contribution < -0.4 is 0 Å². The molecule has 0 aliphatic carbocycles. The number of thiophene rings is 1. The zero-order valence-corrected chi connectivity index (χ0v) is 20.8. The molecule has 5 rings (SSSR count). The van der Waals surface area contributed by atoms with E-state index in [4.69, 9.17) is 0 Å². The quantitative estimate of drug-likeness (QED) is 0.309. The maximum Gasteiger partial charge on any atom is 0.254 e. The van der Waals surface area contributed by atoms with Gasteiger partial charge in [0.1, 0.15) is 6.54 Å². The van der Waals surface area contributed by atoms with Crippen molar-refractivity contribution in [1.29, 1.82) is 0 Å². The fraction of sp³-hybridized carbons (Fsp3) is 0.267. The summed E-state index contributed by atoms with van der Waals surface area (Å²) in [5.74, 6) is -0.0755. The second-order valence-electron chi connectivity index (χ2n) is 9.06. The van der Waals surface area contributed by atoms with Crippen molar-refractivity contribution in [3.05, 3.63) is 106 Å². The van der Waals surface area contributed by atoms with Crippen molar-refractivity contribution >= 4 is 33.9 Å². The van der Waals surface area contributed by atoms with E-state index in [1.54, 1.807) is 16.2 Å². The van der Waals surface area contributed by atoms with Gasteiger partial charge in [-0.3, -0.25) is 9.59 Å². The molecule has 0 spiro atoms. The van der Waals surface area contributed by atoms with Crippen LogP contribution in [0.3, 0.4) is 0 Å². The summed E-state index contributed by atoms with van der Waals surface area (Å²) in [5, 5.41) is 4.08. The predicted molar refractivity (Wildman–Crippen MR) is 143 cm³/mol. The molecule has 0 N–H and O–H groups in total. The first-order valence-corrected chi connectivity index (χ1v) is 13.2. The Balaban J connectivity index is 1.45. The molecule has 1 atom stereocenters. The highest BCUT2D eigenvalue weighted by atomic mass is 32.1. The minimum absolute atomic E-state index is 0.000364. The molecule has 35 heavy (non-hydrogen) atoms. The zero-order valence-electron chi connectivity index (χ0n) is 20.0. The van der Waals surface area contributed by atoms with E-state index < -0.39 is 0 Å². The van der Waals surface area contributed by atoms with Gasteiger partial charge in [-0.05, 0) is 52.3 Å². The summed E-state index contributed by atoms with van der Waals surface area (Å²) in [6, 6.07) is 26.0. The summed E-state index contributed by atoms with van der Waals surface area (Å²) in [5.41, 5.74) is 2.98. The smallest absolute Gasteiger partial charge is 0.254 e. The molecule has 4 aromatic rings. The number of fused-ring (bicyclic) bond motifs is 2. The van der Waals surface area contributed by atoms with E-state index in [-0.39, 0.29) is 24.4 Å². The highest BCUT2D eigenvalue weighted by Gasteiger charge is 2.34. The van der Waals surface area contributed by atoms with Crippen molar-refractivity contribution in [2.75, 3.05) is 19.6 Å². The second kappa shape index (κ2) is 10.4. The van der Waals surface area contributed by atoms with Gasteiger partial charge in [-0.15, -0.1) is 11.3 Å². The fourth-order valence-corrected chi connectivity index (χ4v) is 5.92. The van der Waals surface area contributed by atoms with Gasteiger partial charge >= 0.3 is 0 Å². The maximum absolute atomic E-state index is 13.8. The van der Waals surface area contributed by atoms with E-state index in [0.29, 0.717) is 18.7 Å². The molecule has 0 saturated heterocycles. The first-order valence-electron chi connectivity index (χ1n) is 12.3. The molecule has 2 heterocycles. The summed E-state index contributed by atoms with van der Waals surface area (Å²) in [6.45, 7) is 3.43. The molecule has 0 saturated carbocycles. The Morgan fingerprint density at radius 3 is 2.57 bits per heavy atom. The number of nitrogens with zero attached hydrogens (tertiary/aromatic N) is 2. The summed E-state index contributed by atoms with van der Waals surface area (Å²) >= 11 is 1.76. The van der Waals surface area contributed by atoms with Crippen molar-refractivity contribution in [2.24, 2.45) is 0 Å². The fourth-order valence-electron chi connectivity index (χ4n) is 5.02. The van der Waals surface area contributed by atoms with Crippen LogP contribution in [0.4, 0.5) is 0 Å². The van der Waals surface area contributed by atoms with Gasteiger partial charge in [0.2, 0.25) is 5.91 Å². The van der Waals surface area contributed by atoms with Gasteiger partial charge in [0.25, 0.3) is 5.91 Å². The van der Waals surface area contributed by atoms with Gasteiger partial charge < -0.3 is 9.80 Å². The number of rotatable bonds is 7. The number of carbonyl (C=O) groups is 2. The van der Waals surface area contributed by atoms with E-state index in [9.17, 15) is 9.59 Å². The summed E-state index contributed by atoms with van der Waals surface area (Å²) < 4.78 is 0. The number of hydrogen-bond donors (Lipinski definition) is 0. The Hall–Kier alpha value is -3.44.